The maximum absolute atomic E-state index is 12.3. The number of rotatable bonds is 5. The smallest absolute Gasteiger partial charge is 0.170 e. The number of ketones is 2. The third kappa shape index (κ3) is 2.33. The van der Waals surface area contributed by atoms with E-state index >= 15 is 0 Å². The van der Waals surface area contributed by atoms with Crippen LogP contribution in [0.1, 0.15) is 61.5 Å². The number of carbonyl (C=O) groups is 2. The third-order valence-corrected chi connectivity index (χ3v) is 5.21. The van der Waals surface area contributed by atoms with Gasteiger partial charge in [-0.1, -0.05) is 50.2 Å². The first-order chi connectivity index (χ1) is 11.0. The minimum atomic E-state index is -0.0870. The van der Waals surface area contributed by atoms with Gasteiger partial charge in [-0.2, -0.15) is 0 Å². The molecule has 0 aliphatic heterocycles. The quantitative estimate of drug-likeness (QED) is 0.579. The molecule has 2 aromatic rings. The minimum Gasteiger partial charge on any atom is -0.300 e. The van der Waals surface area contributed by atoms with E-state index in [4.69, 9.17) is 0 Å². The van der Waals surface area contributed by atoms with Gasteiger partial charge in [0.1, 0.15) is 5.78 Å². The number of hydrogen-bond acceptors (Lipinski definition) is 2. The first-order valence-electron chi connectivity index (χ1n) is 8.30. The maximum atomic E-state index is 12.3. The molecule has 0 N–H and O–H groups in total. The molecule has 1 aliphatic carbocycles. The molecule has 0 atom stereocenters. The largest absolute Gasteiger partial charge is 0.300 e. The van der Waals surface area contributed by atoms with Crippen molar-refractivity contribution in [1.29, 1.82) is 0 Å². The Bertz CT molecular complexity index is 782. The van der Waals surface area contributed by atoms with Gasteiger partial charge in [-0.25, -0.2) is 0 Å². The monoisotopic (exact) mass is 306 g/mol. The van der Waals surface area contributed by atoms with Crippen LogP contribution in [0.3, 0.4) is 0 Å². The molecule has 0 aromatic heterocycles. The predicted molar refractivity (Wildman–Crippen MR) is 92.9 cm³/mol. The Morgan fingerprint density at radius 1 is 0.913 bits per heavy atom. The predicted octanol–water partition coefficient (Wildman–Crippen LogP) is 4.93. The molecular weight excluding hydrogens is 284 g/mol. The fraction of sp³-hybridized carbons (Fsp3) is 0.333. The minimum absolute atomic E-state index is 0.0169. The normalized spacial score (nSPS) is 14.2. The summed E-state index contributed by atoms with van der Waals surface area (Å²) in [6.45, 7) is 5.88. The van der Waals surface area contributed by atoms with E-state index in [0.29, 0.717) is 5.56 Å². The van der Waals surface area contributed by atoms with Crippen LogP contribution in [0.5, 0.6) is 0 Å². The molecule has 0 amide bonds. The van der Waals surface area contributed by atoms with E-state index in [0.717, 1.165) is 12.8 Å². The highest BCUT2D eigenvalue weighted by Gasteiger charge is 2.40. The average Bonchev–Trinajstić information content (AvgIpc) is 2.84. The van der Waals surface area contributed by atoms with Gasteiger partial charge in [0.2, 0.25) is 0 Å². The van der Waals surface area contributed by atoms with Crippen molar-refractivity contribution in [2.75, 3.05) is 0 Å². The number of Topliss-reactive ketones (excluding diaryl/α,β-unsaturated/α-hetero) is 2. The number of hydrogen-bond donors (Lipinski definition) is 0. The van der Waals surface area contributed by atoms with E-state index in [1.807, 2.05) is 12.1 Å². The molecule has 1 aliphatic rings. The van der Waals surface area contributed by atoms with Crippen LogP contribution in [0, 0.1) is 0 Å². The van der Waals surface area contributed by atoms with Crippen molar-refractivity contribution in [3.63, 3.8) is 0 Å². The van der Waals surface area contributed by atoms with Crippen molar-refractivity contribution in [2.45, 2.75) is 45.4 Å². The molecular formula is C21H22O2. The molecule has 23 heavy (non-hydrogen) atoms. The van der Waals surface area contributed by atoms with Gasteiger partial charge in [0, 0.05) is 11.0 Å². The lowest BCUT2D eigenvalue weighted by Gasteiger charge is -2.29. The Labute approximate surface area is 137 Å². The second kappa shape index (κ2) is 5.77. The van der Waals surface area contributed by atoms with Crippen LogP contribution < -0.4 is 0 Å². The lowest BCUT2D eigenvalue weighted by atomic mass is 9.73. The second-order valence-corrected chi connectivity index (χ2v) is 6.40. The summed E-state index contributed by atoms with van der Waals surface area (Å²) in [5, 5.41) is 0. The maximum Gasteiger partial charge on any atom is 0.170 e. The van der Waals surface area contributed by atoms with Crippen LogP contribution >= 0.6 is 0 Å². The third-order valence-electron chi connectivity index (χ3n) is 5.21. The molecule has 0 radical (unpaired) electrons. The van der Waals surface area contributed by atoms with Gasteiger partial charge < -0.3 is 0 Å². The molecule has 0 saturated heterocycles. The van der Waals surface area contributed by atoms with Crippen molar-refractivity contribution in [1.82, 2.24) is 0 Å². The van der Waals surface area contributed by atoms with Crippen LogP contribution in [0.25, 0.3) is 11.1 Å². The standard InChI is InChI=1S/C21H22O2/c1-4-21(5-2)18-9-7-6-8-16(18)17-11-10-15(13-19(17)21)20(23)12-14(3)22/h6-11,13H,4-5,12H2,1-3H3. The molecule has 0 saturated carbocycles. The van der Waals surface area contributed by atoms with Crippen LogP contribution in [0.15, 0.2) is 42.5 Å². The topological polar surface area (TPSA) is 34.1 Å². The zero-order valence-corrected chi connectivity index (χ0v) is 14.0. The van der Waals surface area contributed by atoms with Crippen LogP contribution in [-0.2, 0) is 10.2 Å². The average molecular weight is 306 g/mol. The number of benzene rings is 2. The molecule has 2 heteroatoms. The molecule has 2 aromatic carbocycles. The molecule has 0 heterocycles. The fourth-order valence-electron chi connectivity index (χ4n) is 3.97. The zero-order chi connectivity index (χ0) is 16.6. The Balaban J connectivity index is 2.18. The van der Waals surface area contributed by atoms with E-state index in [1.165, 1.54) is 29.2 Å². The highest BCUT2D eigenvalue weighted by molar-refractivity contribution is 6.07. The van der Waals surface area contributed by atoms with Crippen molar-refractivity contribution in [3.8, 4) is 11.1 Å². The molecule has 0 spiro atoms. The highest BCUT2D eigenvalue weighted by Crippen LogP contribution is 2.52. The summed E-state index contributed by atoms with van der Waals surface area (Å²) >= 11 is 0. The van der Waals surface area contributed by atoms with Gasteiger partial charge in [0.05, 0.1) is 6.42 Å². The van der Waals surface area contributed by atoms with Crippen molar-refractivity contribution in [2.24, 2.45) is 0 Å². The van der Waals surface area contributed by atoms with Crippen LogP contribution in [0.4, 0.5) is 0 Å². The van der Waals surface area contributed by atoms with Crippen molar-refractivity contribution >= 4 is 11.6 Å². The van der Waals surface area contributed by atoms with Gasteiger partial charge in [-0.15, -0.1) is 0 Å². The fourth-order valence-corrected chi connectivity index (χ4v) is 3.97. The number of fused-ring (bicyclic) bond motifs is 3. The summed E-state index contributed by atoms with van der Waals surface area (Å²) in [5.41, 5.74) is 5.71. The molecule has 0 bridgehead atoms. The Kier molecular flexibility index (Phi) is 3.93. The molecule has 3 rings (SSSR count). The van der Waals surface area contributed by atoms with E-state index < -0.39 is 0 Å². The van der Waals surface area contributed by atoms with Gasteiger partial charge in [-0.3, -0.25) is 9.59 Å². The summed E-state index contributed by atoms with van der Waals surface area (Å²) in [6, 6.07) is 14.5. The van der Waals surface area contributed by atoms with Gasteiger partial charge >= 0.3 is 0 Å². The summed E-state index contributed by atoms with van der Waals surface area (Å²) in [4.78, 5) is 23.6. The lowest BCUT2D eigenvalue weighted by Crippen LogP contribution is -2.23. The summed E-state index contributed by atoms with van der Waals surface area (Å²) in [7, 11) is 0. The Morgan fingerprint density at radius 3 is 2.22 bits per heavy atom. The second-order valence-electron chi connectivity index (χ2n) is 6.40. The Hall–Kier alpha value is -2.22. The first kappa shape index (κ1) is 15.7. The van der Waals surface area contributed by atoms with Gasteiger partial charge in [0.15, 0.2) is 5.78 Å². The van der Waals surface area contributed by atoms with Crippen molar-refractivity contribution < 1.29 is 9.59 Å². The van der Waals surface area contributed by atoms with Gasteiger partial charge in [-0.05, 0) is 48.1 Å². The molecule has 2 nitrogen and oxygen atoms in total. The molecule has 0 fully saturated rings. The van der Waals surface area contributed by atoms with E-state index in [1.54, 1.807) is 0 Å². The van der Waals surface area contributed by atoms with Gasteiger partial charge in [0.25, 0.3) is 0 Å². The highest BCUT2D eigenvalue weighted by atomic mass is 16.1. The first-order valence-corrected chi connectivity index (χ1v) is 8.30. The summed E-state index contributed by atoms with van der Waals surface area (Å²) in [5.74, 6) is -0.173. The Morgan fingerprint density at radius 2 is 1.57 bits per heavy atom. The van der Waals surface area contributed by atoms with Crippen LogP contribution in [-0.4, -0.2) is 11.6 Å². The summed E-state index contributed by atoms with van der Waals surface area (Å²) in [6.07, 6.45) is 1.98. The van der Waals surface area contributed by atoms with E-state index in [-0.39, 0.29) is 23.4 Å². The van der Waals surface area contributed by atoms with E-state index in [2.05, 4.69) is 44.2 Å². The lowest BCUT2D eigenvalue weighted by molar-refractivity contribution is -0.116. The molecule has 118 valence electrons. The summed E-state index contributed by atoms with van der Waals surface area (Å²) < 4.78 is 0. The van der Waals surface area contributed by atoms with E-state index in [9.17, 15) is 9.59 Å². The number of carbonyl (C=O) groups excluding carboxylic acids is 2. The van der Waals surface area contributed by atoms with Crippen LogP contribution in [0.2, 0.25) is 0 Å². The molecule has 0 unspecified atom stereocenters. The SMILES string of the molecule is CCC1(CC)c2ccccc2-c2ccc(C(=O)CC(C)=O)cc21. The van der Waals surface area contributed by atoms with Crippen molar-refractivity contribution in [3.05, 3.63) is 59.2 Å². The zero-order valence-electron chi connectivity index (χ0n) is 14.0.